The molecule has 0 spiro atoms. The van der Waals surface area contributed by atoms with Crippen LogP contribution in [0, 0.1) is 6.07 Å². The molecular weight excluding hydrogens is 164 g/mol. The fourth-order valence-corrected chi connectivity index (χ4v) is 1.47. The van der Waals surface area contributed by atoms with Crippen molar-refractivity contribution >= 4 is 10.9 Å². The zero-order chi connectivity index (χ0) is 9.26. The summed E-state index contributed by atoms with van der Waals surface area (Å²) in [6, 6.07) is 8.86. The highest BCUT2D eigenvalue weighted by Crippen LogP contribution is 2.17. The first-order valence-electron chi connectivity index (χ1n) is 4.13. The van der Waals surface area contributed by atoms with Crippen molar-refractivity contribution in [3.63, 3.8) is 0 Å². The predicted molar refractivity (Wildman–Crippen MR) is 50.3 cm³/mol. The Kier molecular flexibility index (Phi) is 2.02. The Balaban J connectivity index is 2.63. The van der Waals surface area contributed by atoms with E-state index in [9.17, 15) is 0 Å². The molecule has 0 atom stereocenters. The molecule has 1 radical (unpaired) electrons. The van der Waals surface area contributed by atoms with Crippen LogP contribution in [0.5, 0.6) is 0 Å². The molecule has 0 amide bonds. The van der Waals surface area contributed by atoms with Gasteiger partial charge < -0.3 is 4.74 Å². The van der Waals surface area contributed by atoms with Crippen LogP contribution in [0.4, 0.5) is 0 Å². The first-order valence-corrected chi connectivity index (χ1v) is 4.13. The van der Waals surface area contributed by atoms with Gasteiger partial charge in [-0.3, -0.25) is 4.68 Å². The molecule has 0 fully saturated rings. The maximum absolute atomic E-state index is 5.06. The smallest absolute Gasteiger partial charge is 0.0960 e. The molecule has 0 aliphatic heterocycles. The third kappa shape index (κ3) is 1.31. The lowest BCUT2D eigenvalue weighted by Crippen LogP contribution is -1.92. The van der Waals surface area contributed by atoms with Crippen LogP contribution in [0.25, 0.3) is 10.9 Å². The van der Waals surface area contributed by atoms with Crippen molar-refractivity contribution in [3.05, 3.63) is 30.0 Å². The largest absolute Gasteiger partial charge is 0.378 e. The summed E-state index contributed by atoms with van der Waals surface area (Å²) in [6.07, 6.45) is 0. The lowest BCUT2D eigenvalue weighted by Gasteiger charge is -1.92. The van der Waals surface area contributed by atoms with E-state index in [1.807, 2.05) is 29.9 Å². The second-order valence-corrected chi connectivity index (χ2v) is 2.95. The van der Waals surface area contributed by atoms with Crippen molar-refractivity contribution in [2.24, 2.45) is 7.05 Å². The summed E-state index contributed by atoms with van der Waals surface area (Å²) < 4.78 is 6.91. The molecule has 1 aromatic carbocycles. The highest BCUT2D eigenvalue weighted by molar-refractivity contribution is 5.81. The van der Waals surface area contributed by atoms with Crippen molar-refractivity contribution in [2.75, 3.05) is 7.11 Å². The lowest BCUT2D eigenvalue weighted by molar-refractivity contribution is 0.182. The van der Waals surface area contributed by atoms with E-state index in [-0.39, 0.29) is 0 Å². The van der Waals surface area contributed by atoms with Gasteiger partial charge in [0.25, 0.3) is 0 Å². The molecule has 1 heterocycles. The Morgan fingerprint density at radius 1 is 1.62 bits per heavy atom. The second-order valence-electron chi connectivity index (χ2n) is 2.95. The van der Waals surface area contributed by atoms with Crippen molar-refractivity contribution in [1.82, 2.24) is 9.78 Å². The van der Waals surface area contributed by atoms with Crippen LogP contribution in [0.1, 0.15) is 5.69 Å². The maximum atomic E-state index is 5.06. The summed E-state index contributed by atoms with van der Waals surface area (Å²) in [6.45, 7) is 0.557. The van der Waals surface area contributed by atoms with E-state index in [0.29, 0.717) is 6.61 Å². The van der Waals surface area contributed by atoms with E-state index < -0.39 is 0 Å². The van der Waals surface area contributed by atoms with E-state index in [4.69, 9.17) is 4.74 Å². The minimum absolute atomic E-state index is 0.557. The van der Waals surface area contributed by atoms with Crippen LogP contribution in [0.15, 0.2) is 18.2 Å². The van der Waals surface area contributed by atoms with E-state index in [1.54, 1.807) is 7.11 Å². The Morgan fingerprint density at radius 3 is 3.23 bits per heavy atom. The quantitative estimate of drug-likeness (QED) is 0.692. The number of fused-ring (bicyclic) bond motifs is 1. The fraction of sp³-hybridized carbons (Fsp3) is 0.300. The van der Waals surface area contributed by atoms with Gasteiger partial charge in [-0.2, -0.15) is 5.10 Å². The van der Waals surface area contributed by atoms with Gasteiger partial charge in [-0.25, -0.2) is 0 Å². The zero-order valence-corrected chi connectivity index (χ0v) is 7.74. The number of nitrogens with zero attached hydrogens (tertiary/aromatic N) is 2. The highest BCUT2D eigenvalue weighted by Gasteiger charge is 2.06. The van der Waals surface area contributed by atoms with Gasteiger partial charge in [-0.05, 0) is 12.1 Å². The van der Waals surface area contributed by atoms with Crippen LogP contribution < -0.4 is 0 Å². The molecule has 13 heavy (non-hydrogen) atoms. The molecule has 0 N–H and O–H groups in total. The number of methoxy groups -OCH3 is 1. The van der Waals surface area contributed by atoms with E-state index in [1.165, 1.54) is 0 Å². The summed E-state index contributed by atoms with van der Waals surface area (Å²) in [5.74, 6) is 0. The summed E-state index contributed by atoms with van der Waals surface area (Å²) in [4.78, 5) is 0. The Labute approximate surface area is 76.9 Å². The first-order chi connectivity index (χ1) is 6.33. The number of hydrogen-bond acceptors (Lipinski definition) is 2. The molecule has 0 saturated carbocycles. The molecule has 2 aromatic rings. The third-order valence-corrected chi connectivity index (χ3v) is 2.05. The van der Waals surface area contributed by atoms with E-state index in [0.717, 1.165) is 16.6 Å². The van der Waals surface area contributed by atoms with Crippen LogP contribution in [0.2, 0.25) is 0 Å². The number of benzene rings is 1. The minimum Gasteiger partial charge on any atom is -0.378 e. The third-order valence-electron chi connectivity index (χ3n) is 2.05. The Morgan fingerprint density at radius 2 is 2.46 bits per heavy atom. The number of aryl methyl sites for hydroxylation is 1. The molecule has 0 bridgehead atoms. The fourth-order valence-electron chi connectivity index (χ4n) is 1.47. The average Bonchev–Trinajstić information content (AvgIpc) is 2.46. The van der Waals surface area contributed by atoms with Gasteiger partial charge >= 0.3 is 0 Å². The number of rotatable bonds is 2. The normalized spacial score (nSPS) is 10.9. The van der Waals surface area contributed by atoms with Gasteiger partial charge in [0.05, 0.1) is 17.8 Å². The van der Waals surface area contributed by atoms with Crippen molar-refractivity contribution in [3.8, 4) is 0 Å². The summed E-state index contributed by atoms with van der Waals surface area (Å²) in [7, 11) is 3.60. The average molecular weight is 175 g/mol. The standard InChI is InChI=1S/C10H11N2O/c1-12-10-6-4-3-5-8(10)9(11-12)7-13-2/h3,5-6H,7H2,1-2H3. The summed E-state index contributed by atoms with van der Waals surface area (Å²) in [5, 5.41) is 5.49. The Hall–Kier alpha value is -1.35. The summed E-state index contributed by atoms with van der Waals surface area (Å²) in [5.41, 5.74) is 2.07. The Bertz CT molecular complexity index is 420. The monoisotopic (exact) mass is 175 g/mol. The van der Waals surface area contributed by atoms with Gasteiger partial charge in [-0.1, -0.05) is 12.1 Å². The lowest BCUT2D eigenvalue weighted by atomic mass is 10.2. The number of ether oxygens (including phenoxy) is 1. The van der Waals surface area contributed by atoms with Crippen molar-refractivity contribution < 1.29 is 4.74 Å². The first kappa shape index (κ1) is 8.26. The number of aromatic nitrogens is 2. The van der Waals surface area contributed by atoms with Crippen LogP contribution in [-0.4, -0.2) is 16.9 Å². The molecule has 1 aromatic heterocycles. The zero-order valence-electron chi connectivity index (χ0n) is 7.74. The van der Waals surface area contributed by atoms with Gasteiger partial charge in [0.2, 0.25) is 0 Å². The van der Waals surface area contributed by atoms with Crippen LogP contribution in [-0.2, 0) is 18.4 Å². The molecule has 0 aliphatic carbocycles. The van der Waals surface area contributed by atoms with Crippen molar-refractivity contribution in [2.45, 2.75) is 6.61 Å². The number of hydrogen-bond donors (Lipinski definition) is 0. The van der Waals surface area contributed by atoms with Gasteiger partial charge in [-0.15, -0.1) is 0 Å². The van der Waals surface area contributed by atoms with E-state index >= 15 is 0 Å². The van der Waals surface area contributed by atoms with Crippen LogP contribution in [0.3, 0.4) is 0 Å². The second kappa shape index (κ2) is 3.18. The van der Waals surface area contributed by atoms with Crippen LogP contribution >= 0.6 is 0 Å². The molecule has 3 heteroatoms. The molecule has 0 saturated heterocycles. The maximum Gasteiger partial charge on any atom is 0.0960 e. The molecular formula is C10H11N2O. The van der Waals surface area contributed by atoms with Gasteiger partial charge in [0.15, 0.2) is 0 Å². The molecule has 3 nitrogen and oxygen atoms in total. The molecule has 2 rings (SSSR count). The summed E-state index contributed by atoms with van der Waals surface area (Å²) >= 11 is 0. The van der Waals surface area contributed by atoms with Gasteiger partial charge in [0.1, 0.15) is 0 Å². The molecule has 0 aliphatic rings. The van der Waals surface area contributed by atoms with Gasteiger partial charge in [0, 0.05) is 19.5 Å². The van der Waals surface area contributed by atoms with Crippen molar-refractivity contribution in [1.29, 1.82) is 0 Å². The SMILES string of the molecule is COCc1nn(C)c2c[c]ccc12. The topological polar surface area (TPSA) is 27.1 Å². The minimum atomic E-state index is 0.557. The van der Waals surface area contributed by atoms with E-state index in [2.05, 4.69) is 11.2 Å². The highest BCUT2D eigenvalue weighted by atomic mass is 16.5. The molecule has 0 unspecified atom stereocenters. The predicted octanol–water partition coefficient (Wildman–Crippen LogP) is 1.52. The molecule has 67 valence electrons.